The Bertz CT molecular complexity index is 1770. The molecule has 4 aromatic rings. The second-order valence-corrected chi connectivity index (χ2v) is 12.4. The highest BCUT2D eigenvalue weighted by Crippen LogP contribution is 2.47. The second kappa shape index (κ2) is 9.27. The number of imidazole rings is 1. The van der Waals surface area contributed by atoms with Gasteiger partial charge in [0.05, 0.1) is 30.2 Å². The number of primary sulfonamides is 1. The molecule has 0 bridgehead atoms. The molecule has 3 aromatic heterocycles. The van der Waals surface area contributed by atoms with Crippen LogP contribution >= 0.6 is 0 Å². The van der Waals surface area contributed by atoms with Crippen LogP contribution in [0, 0.1) is 12.8 Å². The Balaban J connectivity index is 1.16. The molecule has 11 nitrogen and oxygen atoms in total. The fraction of sp³-hybridized carbons (Fsp3) is 0.357. The zero-order valence-electron chi connectivity index (χ0n) is 21.9. The Kier molecular flexibility index (Phi) is 5.79. The average molecular weight is 560 g/mol. The lowest BCUT2D eigenvalue weighted by atomic mass is 10.2. The first-order valence-corrected chi connectivity index (χ1v) is 14.9. The second-order valence-electron chi connectivity index (χ2n) is 10.9. The standard InChI is InChI=1S/C28H29N7O4S/c1-16-6-7-30-27(31-16)20-10-21(20)28(36)33-22-11-23-24(12-25(22)40(29,37)38)39-9-8-34(23)14-19-15-35-13-18(17-2-3-17)4-5-26(35)32-19/h4-7,11-13,15,17,20-21H,2-3,8-10,14H2,1H3,(H,33,36)(H2,29,37,38)/t20-,21-/m0/s1. The summed E-state index contributed by atoms with van der Waals surface area (Å²) in [6.45, 7) is 3.32. The topological polar surface area (TPSA) is 145 Å². The smallest absolute Gasteiger partial charge is 0.240 e. The third-order valence-corrected chi connectivity index (χ3v) is 8.73. The van der Waals surface area contributed by atoms with Crippen molar-refractivity contribution >= 4 is 33.0 Å². The number of aromatic nitrogens is 4. The van der Waals surface area contributed by atoms with E-state index in [9.17, 15) is 13.2 Å². The number of nitrogens with zero attached hydrogens (tertiary/aromatic N) is 5. The lowest BCUT2D eigenvalue weighted by Gasteiger charge is -2.31. The SMILES string of the molecule is Cc1ccnc([C@H]2C[C@@H]2C(=O)Nc2cc3c(cc2S(N)(=O)=O)OCCN3Cc2cn3cc(C4CC4)ccc3n2)n1. The van der Waals surface area contributed by atoms with Gasteiger partial charge in [0.25, 0.3) is 0 Å². The van der Waals surface area contributed by atoms with Crippen LogP contribution in [-0.4, -0.2) is 46.8 Å². The van der Waals surface area contributed by atoms with Gasteiger partial charge >= 0.3 is 0 Å². The Morgan fingerprint density at radius 1 is 1.18 bits per heavy atom. The van der Waals surface area contributed by atoms with Crippen LogP contribution in [0.3, 0.4) is 0 Å². The summed E-state index contributed by atoms with van der Waals surface area (Å²) in [6, 6.07) is 9.02. The fourth-order valence-electron chi connectivity index (χ4n) is 5.43. The first-order valence-electron chi connectivity index (χ1n) is 13.4. The van der Waals surface area contributed by atoms with Crippen molar-refractivity contribution in [3.63, 3.8) is 0 Å². The van der Waals surface area contributed by atoms with Crippen LogP contribution in [0.5, 0.6) is 5.75 Å². The number of sulfonamides is 1. The summed E-state index contributed by atoms with van der Waals surface area (Å²) in [4.78, 5) is 28.6. The largest absolute Gasteiger partial charge is 0.490 e. The molecule has 0 unspecified atom stereocenters. The number of carbonyl (C=O) groups excluding carboxylic acids is 1. The first kappa shape index (κ1) is 25.0. The molecule has 0 saturated heterocycles. The van der Waals surface area contributed by atoms with Crippen molar-refractivity contribution in [1.29, 1.82) is 0 Å². The van der Waals surface area contributed by atoms with Gasteiger partial charge in [0, 0.05) is 42.2 Å². The number of hydrogen-bond donors (Lipinski definition) is 2. The van der Waals surface area contributed by atoms with Gasteiger partial charge in [0.2, 0.25) is 15.9 Å². The molecular weight excluding hydrogens is 530 g/mol. The van der Waals surface area contributed by atoms with Crippen LogP contribution in [0.25, 0.3) is 5.65 Å². The van der Waals surface area contributed by atoms with Gasteiger partial charge in [-0.15, -0.1) is 0 Å². The monoisotopic (exact) mass is 559 g/mol. The lowest BCUT2D eigenvalue weighted by molar-refractivity contribution is -0.117. The van der Waals surface area contributed by atoms with Crippen molar-refractivity contribution < 1.29 is 17.9 Å². The van der Waals surface area contributed by atoms with Crippen LogP contribution in [0.2, 0.25) is 0 Å². The number of rotatable bonds is 7. The van der Waals surface area contributed by atoms with Gasteiger partial charge in [0.15, 0.2) is 0 Å². The zero-order valence-corrected chi connectivity index (χ0v) is 22.8. The number of ether oxygens (including phenoxy) is 1. The molecule has 1 aliphatic heterocycles. The minimum atomic E-state index is -4.14. The molecule has 1 aromatic carbocycles. The van der Waals surface area contributed by atoms with Crippen molar-refractivity contribution in [2.24, 2.45) is 11.1 Å². The van der Waals surface area contributed by atoms with E-state index in [1.54, 1.807) is 18.3 Å². The molecule has 3 aliphatic rings. The zero-order chi connectivity index (χ0) is 27.6. The predicted octanol–water partition coefficient (Wildman–Crippen LogP) is 3.10. The molecule has 0 spiro atoms. The molecule has 2 atom stereocenters. The highest BCUT2D eigenvalue weighted by Gasteiger charge is 2.46. The third kappa shape index (κ3) is 4.77. The summed E-state index contributed by atoms with van der Waals surface area (Å²) in [5.74, 6) is 0.912. The molecule has 40 heavy (non-hydrogen) atoms. The maximum Gasteiger partial charge on any atom is 0.240 e. The van der Waals surface area contributed by atoms with Crippen molar-refractivity contribution in [3.8, 4) is 5.75 Å². The van der Waals surface area contributed by atoms with E-state index in [1.807, 2.05) is 19.2 Å². The van der Waals surface area contributed by atoms with Gasteiger partial charge in [-0.1, -0.05) is 6.07 Å². The maximum absolute atomic E-state index is 13.2. The number of fused-ring (bicyclic) bond motifs is 2. The number of nitrogens with two attached hydrogens (primary N) is 1. The van der Waals surface area contributed by atoms with E-state index < -0.39 is 10.0 Å². The maximum atomic E-state index is 13.2. The summed E-state index contributed by atoms with van der Waals surface area (Å²) in [5.41, 5.74) is 4.70. The normalized spacial score (nSPS) is 20.2. The summed E-state index contributed by atoms with van der Waals surface area (Å²) >= 11 is 0. The quantitative estimate of drug-likeness (QED) is 0.351. The van der Waals surface area contributed by atoms with Gasteiger partial charge in [0.1, 0.15) is 28.7 Å². The molecule has 2 saturated carbocycles. The lowest BCUT2D eigenvalue weighted by Crippen LogP contribution is -2.33. The van der Waals surface area contributed by atoms with Gasteiger partial charge in [-0.3, -0.25) is 4.79 Å². The van der Waals surface area contributed by atoms with E-state index in [2.05, 4.69) is 36.8 Å². The molecular formula is C28H29N7O4S. The van der Waals surface area contributed by atoms with Crippen LogP contribution in [0.1, 0.15) is 53.9 Å². The molecule has 206 valence electrons. The van der Waals surface area contributed by atoms with Crippen molar-refractivity contribution in [3.05, 3.63) is 71.7 Å². The van der Waals surface area contributed by atoms with Gasteiger partial charge in [-0.25, -0.2) is 28.5 Å². The summed E-state index contributed by atoms with van der Waals surface area (Å²) < 4.78 is 32.9. The van der Waals surface area contributed by atoms with Gasteiger partial charge < -0.3 is 19.4 Å². The van der Waals surface area contributed by atoms with E-state index in [-0.39, 0.29) is 28.3 Å². The van der Waals surface area contributed by atoms with E-state index in [0.29, 0.717) is 49.3 Å². The number of amides is 1. The van der Waals surface area contributed by atoms with Gasteiger partial charge in [-0.2, -0.15) is 0 Å². The summed E-state index contributed by atoms with van der Waals surface area (Å²) in [5, 5.41) is 8.37. The Morgan fingerprint density at radius 3 is 2.80 bits per heavy atom. The minimum absolute atomic E-state index is 0.106. The first-order chi connectivity index (χ1) is 19.2. The number of pyridine rings is 1. The predicted molar refractivity (Wildman–Crippen MR) is 148 cm³/mol. The molecule has 3 N–H and O–H groups in total. The van der Waals surface area contributed by atoms with Crippen LogP contribution < -0.4 is 20.1 Å². The number of anilines is 2. The van der Waals surface area contributed by atoms with Crippen LogP contribution in [0.4, 0.5) is 11.4 Å². The number of aryl methyl sites for hydroxylation is 1. The van der Waals surface area contributed by atoms with Crippen LogP contribution in [0.15, 0.2) is 53.8 Å². The minimum Gasteiger partial charge on any atom is -0.490 e. The van der Waals surface area contributed by atoms with E-state index >= 15 is 0 Å². The molecule has 12 heteroatoms. The number of nitrogens with one attached hydrogen (secondary N) is 1. The fourth-order valence-corrected chi connectivity index (χ4v) is 6.12. The third-order valence-electron chi connectivity index (χ3n) is 7.78. The molecule has 7 rings (SSSR count). The summed E-state index contributed by atoms with van der Waals surface area (Å²) in [7, 11) is -4.14. The highest BCUT2D eigenvalue weighted by molar-refractivity contribution is 7.89. The average Bonchev–Trinajstić information content (AvgIpc) is 3.84. The number of carbonyl (C=O) groups is 1. The van der Waals surface area contributed by atoms with E-state index in [4.69, 9.17) is 14.9 Å². The Labute approximate surface area is 231 Å². The molecule has 2 aliphatic carbocycles. The van der Waals surface area contributed by atoms with Crippen molar-refractivity contribution in [1.82, 2.24) is 19.4 Å². The molecule has 1 amide bonds. The molecule has 4 heterocycles. The van der Waals surface area contributed by atoms with E-state index in [0.717, 1.165) is 17.0 Å². The van der Waals surface area contributed by atoms with Gasteiger partial charge in [-0.05, 0) is 55.9 Å². The van der Waals surface area contributed by atoms with E-state index in [1.165, 1.54) is 24.5 Å². The number of hydrogen-bond acceptors (Lipinski definition) is 8. The number of benzene rings is 1. The molecule has 2 fully saturated rings. The van der Waals surface area contributed by atoms with Crippen molar-refractivity contribution in [2.75, 3.05) is 23.4 Å². The Morgan fingerprint density at radius 2 is 2.02 bits per heavy atom. The Hall–Kier alpha value is -4.03. The highest BCUT2D eigenvalue weighted by atomic mass is 32.2. The van der Waals surface area contributed by atoms with Crippen molar-refractivity contribution in [2.45, 2.75) is 49.5 Å². The summed E-state index contributed by atoms with van der Waals surface area (Å²) in [6.07, 6.45) is 8.91. The molecule has 0 radical (unpaired) electrons. The van der Waals surface area contributed by atoms with Crippen LogP contribution in [-0.2, 0) is 21.4 Å².